The molecule has 2 rings (SSSR count). The maximum absolute atomic E-state index is 11.3. The largest absolute Gasteiger partial charge is 0.497 e. The molecule has 5 nitrogen and oxygen atoms in total. The maximum atomic E-state index is 11.3. The van der Waals surface area contributed by atoms with Gasteiger partial charge in [-0.15, -0.1) is 0 Å². The summed E-state index contributed by atoms with van der Waals surface area (Å²) in [5.41, 5.74) is 1.85. The molecule has 0 aromatic carbocycles. The molecule has 2 N–H and O–H groups in total. The lowest BCUT2D eigenvalue weighted by Crippen LogP contribution is -2.34. The summed E-state index contributed by atoms with van der Waals surface area (Å²) in [7, 11) is 1.64. The lowest BCUT2D eigenvalue weighted by molar-refractivity contribution is -0.144. The number of carbonyl (C=O) groups is 1. The zero-order chi connectivity index (χ0) is 15.2. The van der Waals surface area contributed by atoms with Gasteiger partial charge in [0.1, 0.15) is 5.75 Å². The van der Waals surface area contributed by atoms with E-state index >= 15 is 0 Å². The number of nitrogens with zero attached hydrogens (tertiary/aromatic N) is 1. The number of nitrogens with one attached hydrogen (secondary N) is 1. The zero-order valence-electron chi connectivity index (χ0n) is 12.8. The molecular weight excluding hydrogens is 268 g/mol. The number of carboxylic acid groups (broad SMARTS) is 1. The summed E-state index contributed by atoms with van der Waals surface area (Å²) in [4.78, 5) is 15.7. The van der Waals surface area contributed by atoms with Crippen LogP contribution in [0.3, 0.4) is 0 Å². The lowest BCUT2D eigenvalue weighted by Gasteiger charge is -2.28. The Balaban J connectivity index is 1.88. The molecule has 2 unspecified atom stereocenters. The first-order chi connectivity index (χ1) is 10.1. The van der Waals surface area contributed by atoms with Crippen molar-refractivity contribution in [2.75, 3.05) is 13.7 Å². The van der Waals surface area contributed by atoms with Crippen LogP contribution in [-0.2, 0) is 11.3 Å². The Kier molecular flexibility index (Phi) is 5.56. The van der Waals surface area contributed by atoms with Crippen molar-refractivity contribution in [3.63, 3.8) is 0 Å². The van der Waals surface area contributed by atoms with E-state index in [4.69, 9.17) is 4.74 Å². The average molecular weight is 292 g/mol. The number of aromatic nitrogens is 1. The average Bonchev–Trinajstić information content (AvgIpc) is 2.47. The standard InChI is InChI=1S/C16H24N2O3/c1-11-7-14(21-2)8-13(18-11)10-17-9-12-5-3-4-6-15(12)16(19)20/h7-8,12,15,17H,3-6,9-10H2,1-2H3,(H,19,20). The third kappa shape index (κ3) is 4.43. The minimum atomic E-state index is -0.656. The second-order valence-electron chi connectivity index (χ2n) is 5.76. The van der Waals surface area contributed by atoms with Gasteiger partial charge in [0, 0.05) is 24.4 Å². The minimum Gasteiger partial charge on any atom is -0.497 e. The van der Waals surface area contributed by atoms with Gasteiger partial charge in [-0.05, 0) is 32.2 Å². The normalized spacial score (nSPS) is 22.0. The van der Waals surface area contributed by atoms with Crippen LogP contribution in [0.2, 0.25) is 0 Å². The predicted molar refractivity (Wildman–Crippen MR) is 80.3 cm³/mol. The number of hydrogen-bond acceptors (Lipinski definition) is 4. The molecule has 21 heavy (non-hydrogen) atoms. The van der Waals surface area contributed by atoms with Crippen LogP contribution in [0.1, 0.15) is 37.1 Å². The number of hydrogen-bond donors (Lipinski definition) is 2. The van der Waals surface area contributed by atoms with E-state index in [1.807, 2.05) is 19.1 Å². The monoisotopic (exact) mass is 292 g/mol. The molecule has 1 saturated carbocycles. The first-order valence-electron chi connectivity index (χ1n) is 7.55. The summed E-state index contributed by atoms with van der Waals surface area (Å²) in [5.74, 6) is 0.173. The number of aliphatic carboxylic acids is 1. The molecule has 1 aromatic rings. The van der Waals surface area contributed by atoms with E-state index in [1.165, 1.54) is 0 Å². The van der Waals surface area contributed by atoms with Gasteiger partial charge in [-0.25, -0.2) is 0 Å². The molecule has 0 bridgehead atoms. The molecule has 2 atom stereocenters. The molecule has 0 radical (unpaired) electrons. The van der Waals surface area contributed by atoms with Crippen molar-refractivity contribution < 1.29 is 14.6 Å². The Morgan fingerprint density at radius 2 is 2.19 bits per heavy atom. The summed E-state index contributed by atoms with van der Waals surface area (Å²) in [6.07, 6.45) is 3.96. The highest BCUT2D eigenvalue weighted by Crippen LogP contribution is 2.29. The SMILES string of the molecule is COc1cc(C)nc(CNCC2CCCCC2C(=O)O)c1. The van der Waals surface area contributed by atoms with E-state index in [-0.39, 0.29) is 11.8 Å². The summed E-state index contributed by atoms with van der Waals surface area (Å²) in [5, 5.41) is 12.6. The fourth-order valence-corrected chi connectivity index (χ4v) is 3.07. The van der Waals surface area contributed by atoms with E-state index in [1.54, 1.807) is 7.11 Å². The summed E-state index contributed by atoms with van der Waals surface area (Å²) < 4.78 is 5.23. The predicted octanol–water partition coefficient (Wildman–Crippen LogP) is 2.38. The van der Waals surface area contributed by atoms with Crippen LogP contribution in [0.15, 0.2) is 12.1 Å². The molecule has 0 aliphatic heterocycles. The Morgan fingerprint density at radius 1 is 1.43 bits per heavy atom. The van der Waals surface area contributed by atoms with Crippen molar-refractivity contribution in [3.8, 4) is 5.75 Å². The van der Waals surface area contributed by atoms with Gasteiger partial charge in [-0.1, -0.05) is 12.8 Å². The highest BCUT2D eigenvalue weighted by Gasteiger charge is 2.30. The van der Waals surface area contributed by atoms with Crippen molar-refractivity contribution in [1.29, 1.82) is 0 Å². The van der Waals surface area contributed by atoms with Gasteiger partial charge in [0.15, 0.2) is 0 Å². The number of methoxy groups -OCH3 is 1. The summed E-state index contributed by atoms with van der Waals surface area (Å²) in [6.45, 7) is 3.31. The van der Waals surface area contributed by atoms with Crippen molar-refractivity contribution in [2.24, 2.45) is 11.8 Å². The molecule has 0 spiro atoms. The smallest absolute Gasteiger partial charge is 0.306 e. The fourth-order valence-electron chi connectivity index (χ4n) is 3.07. The molecule has 1 aliphatic carbocycles. The van der Waals surface area contributed by atoms with Gasteiger partial charge >= 0.3 is 5.97 Å². The van der Waals surface area contributed by atoms with Crippen LogP contribution in [0.5, 0.6) is 5.75 Å². The van der Waals surface area contributed by atoms with Crippen molar-refractivity contribution >= 4 is 5.97 Å². The highest BCUT2D eigenvalue weighted by atomic mass is 16.5. The zero-order valence-corrected chi connectivity index (χ0v) is 12.8. The van der Waals surface area contributed by atoms with Gasteiger partial charge in [-0.2, -0.15) is 0 Å². The Morgan fingerprint density at radius 3 is 2.90 bits per heavy atom. The molecule has 0 amide bonds. The van der Waals surface area contributed by atoms with Crippen molar-refractivity contribution in [1.82, 2.24) is 10.3 Å². The first kappa shape index (κ1) is 15.8. The van der Waals surface area contributed by atoms with Crippen molar-refractivity contribution in [2.45, 2.75) is 39.2 Å². The Bertz CT molecular complexity index is 490. The Hall–Kier alpha value is -1.62. The minimum absolute atomic E-state index is 0.203. The van der Waals surface area contributed by atoms with Gasteiger partial charge in [0.05, 0.1) is 18.7 Å². The second kappa shape index (κ2) is 7.41. The lowest BCUT2D eigenvalue weighted by atomic mass is 9.79. The molecule has 1 heterocycles. The van der Waals surface area contributed by atoms with E-state index in [0.29, 0.717) is 6.54 Å². The molecule has 5 heteroatoms. The number of carboxylic acids is 1. The second-order valence-corrected chi connectivity index (χ2v) is 5.76. The van der Waals surface area contributed by atoms with Crippen LogP contribution in [0.25, 0.3) is 0 Å². The third-order valence-corrected chi connectivity index (χ3v) is 4.15. The van der Waals surface area contributed by atoms with Crippen molar-refractivity contribution in [3.05, 3.63) is 23.5 Å². The molecular formula is C16H24N2O3. The van der Waals surface area contributed by atoms with Crippen LogP contribution in [-0.4, -0.2) is 29.7 Å². The van der Waals surface area contributed by atoms with Crippen LogP contribution in [0.4, 0.5) is 0 Å². The molecule has 0 saturated heterocycles. The van der Waals surface area contributed by atoms with Gasteiger partial charge in [-0.3, -0.25) is 9.78 Å². The number of rotatable bonds is 6. The van der Waals surface area contributed by atoms with Gasteiger partial charge in [0.2, 0.25) is 0 Å². The van der Waals surface area contributed by atoms with E-state index in [2.05, 4.69) is 10.3 Å². The number of ether oxygens (including phenoxy) is 1. The van der Waals surface area contributed by atoms with Crippen LogP contribution >= 0.6 is 0 Å². The summed E-state index contributed by atoms with van der Waals surface area (Å²) in [6, 6.07) is 3.81. The van der Waals surface area contributed by atoms with Gasteiger partial charge < -0.3 is 15.2 Å². The number of pyridine rings is 1. The molecule has 1 aliphatic rings. The fraction of sp³-hybridized carbons (Fsp3) is 0.625. The third-order valence-electron chi connectivity index (χ3n) is 4.15. The van der Waals surface area contributed by atoms with E-state index in [0.717, 1.165) is 49.4 Å². The quantitative estimate of drug-likeness (QED) is 0.842. The van der Waals surface area contributed by atoms with E-state index in [9.17, 15) is 9.90 Å². The van der Waals surface area contributed by atoms with Crippen LogP contribution < -0.4 is 10.1 Å². The van der Waals surface area contributed by atoms with Crippen LogP contribution in [0, 0.1) is 18.8 Å². The highest BCUT2D eigenvalue weighted by molar-refractivity contribution is 5.70. The molecule has 1 aromatic heterocycles. The van der Waals surface area contributed by atoms with E-state index < -0.39 is 5.97 Å². The number of aryl methyl sites for hydroxylation is 1. The van der Waals surface area contributed by atoms with Gasteiger partial charge in [0.25, 0.3) is 0 Å². The maximum Gasteiger partial charge on any atom is 0.306 e. The molecule has 116 valence electrons. The topological polar surface area (TPSA) is 71.5 Å². The molecule has 1 fully saturated rings. The Labute approximate surface area is 125 Å². The first-order valence-corrected chi connectivity index (χ1v) is 7.55. The summed E-state index contributed by atoms with van der Waals surface area (Å²) >= 11 is 0.